The highest BCUT2D eigenvalue weighted by molar-refractivity contribution is 7.89. The van der Waals surface area contributed by atoms with Gasteiger partial charge >= 0.3 is 5.97 Å². The van der Waals surface area contributed by atoms with Crippen LogP contribution < -0.4 is 5.32 Å². The summed E-state index contributed by atoms with van der Waals surface area (Å²) in [4.78, 5) is 23.0. The quantitative estimate of drug-likeness (QED) is 0.606. The lowest BCUT2D eigenvalue weighted by Gasteiger charge is -2.27. The number of carboxylic acids is 1. The number of aryl methyl sites for hydroxylation is 1. The fourth-order valence-electron chi connectivity index (χ4n) is 2.86. The number of sulfonamides is 1. The third-order valence-electron chi connectivity index (χ3n) is 4.40. The Labute approximate surface area is 159 Å². The molecule has 0 bridgehead atoms. The second-order valence-corrected chi connectivity index (χ2v) is 8.21. The molecule has 27 heavy (non-hydrogen) atoms. The minimum Gasteiger partial charge on any atom is -0.481 e. The van der Waals surface area contributed by atoms with Gasteiger partial charge in [0.1, 0.15) is 0 Å². The molecule has 2 N–H and O–H groups in total. The summed E-state index contributed by atoms with van der Waals surface area (Å²) in [5, 5.41) is 11.3. The molecule has 0 radical (unpaired) electrons. The summed E-state index contributed by atoms with van der Waals surface area (Å²) in [7, 11) is -3.69. The van der Waals surface area contributed by atoms with E-state index in [0.717, 1.165) is 0 Å². The lowest BCUT2D eigenvalue weighted by atomic mass is 10.1. The molecule has 1 aromatic carbocycles. The molecule has 2 rings (SSSR count). The van der Waals surface area contributed by atoms with Crippen molar-refractivity contribution in [2.75, 3.05) is 32.8 Å². The van der Waals surface area contributed by atoms with E-state index < -0.39 is 16.0 Å². The number of carbonyl (C=O) groups is 2. The van der Waals surface area contributed by atoms with Crippen molar-refractivity contribution in [1.29, 1.82) is 0 Å². The van der Waals surface area contributed by atoms with E-state index in [1.807, 2.05) is 6.92 Å². The predicted molar refractivity (Wildman–Crippen MR) is 99.2 cm³/mol. The molecule has 1 aliphatic heterocycles. The van der Waals surface area contributed by atoms with Gasteiger partial charge in [0.2, 0.25) is 10.0 Å². The molecule has 1 aromatic rings. The van der Waals surface area contributed by atoms with E-state index in [1.165, 1.54) is 10.4 Å². The maximum atomic E-state index is 13.0. The van der Waals surface area contributed by atoms with Crippen LogP contribution in [0.4, 0.5) is 0 Å². The summed E-state index contributed by atoms with van der Waals surface area (Å²) in [6.07, 6.45) is 1.62. The number of unbranched alkanes of at least 4 members (excludes halogenated alkanes) is 1. The highest BCUT2D eigenvalue weighted by Crippen LogP contribution is 2.23. The number of morpholine rings is 1. The number of ether oxygens (including phenoxy) is 1. The molecular formula is C18H26N2O6S. The van der Waals surface area contributed by atoms with Crippen LogP contribution in [-0.2, 0) is 26.0 Å². The molecule has 1 heterocycles. The van der Waals surface area contributed by atoms with E-state index >= 15 is 0 Å². The fraction of sp³-hybridized carbons (Fsp3) is 0.556. The molecule has 0 spiro atoms. The molecule has 1 saturated heterocycles. The van der Waals surface area contributed by atoms with Gasteiger partial charge in [-0.3, -0.25) is 9.59 Å². The smallest absolute Gasteiger partial charge is 0.303 e. The zero-order valence-electron chi connectivity index (χ0n) is 15.4. The predicted octanol–water partition coefficient (Wildman–Crippen LogP) is 1.25. The number of nitrogens with zero attached hydrogens (tertiary/aromatic N) is 1. The van der Waals surface area contributed by atoms with E-state index in [2.05, 4.69) is 5.32 Å². The number of hydrogen-bond acceptors (Lipinski definition) is 5. The normalized spacial score (nSPS) is 15.4. The molecule has 9 heteroatoms. The molecule has 0 unspecified atom stereocenters. The minimum absolute atomic E-state index is 0.0585. The number of carboxylic acid groups (broad SMARTS) is 1. The Bertz CT molecular complexity index is 772. The summed E-state index contributed by atoms with van der Waals surface area (Å²) in [6, 6.07) is 4.71. The van der Waals surface area contributed by atoms with Crippen molar-refractivity contribution >= 4 is 21.9 Å². The maximum absolute atomic E-state index is 13.0. The highest BCUT2D eigenvalue weighted by atomic mass is 32.2. The van der Waals surface area contributed by atoms with E-state index in [1.54, 1.807) is 12.1 Å². The van der Waals surface area contributed by atoms with Crippen LogP contribution in [0.3, 0.4) is 0 Å². The van der Waals surface area contributed by atoms with Gasteiger partial charge in [0.15, 0.2) is 0 Å². The van der Waals surface area contributed by atoms with Gasteiger partial charge < -0.3 is 15.2 Å². The summed E-state index contributed by atoms with van der Waals surface area (Å²) in [6.45, 7) is 3.52. The van der Waals surface area contributed by atoms with Crippen molar-refractivity contribution in [3.63, 3.8) is 0 Å². The van der Waals surface area contributed by atoms with Gasteiger partial charge in [0, 0.05) is 31.6 Å². The zero-order valence-corrected chi connectivity index (χ0v) is 16.3. The largest absolute Gasteiger partial charge is 0.481 e. The number of amides is 1. The third kappa shape index (κ3) is 5.75. The van der Waals surface area contributed by atoms with Crippen molar-refractivity contribution in [3.8, 4) is 0 Å². The topological polar surface area (TPSA) is 113 Å². The number of carbonyl (C=O) groups excluding carboxylic acids is 1. The van der Waals surface area contributed by atoms with Crippen LogP contribution in [0.2, 0.25) is 0 Å². The van der Waals surface area contributed by atoms with Crippen molar-refractivity contribution in [2.24, 2.45) is 0 Å². The first kappa shape index (κ1) is 21.3. The first-order valence-corrected chi connectivity index (χ1v) is 10.5. The van der Waals surface area contributed by atoms with Crippen LogP contribution >= 0.6 is 0 Å². The molecule has 1 aliphatic rings. The van der Waals surface area contributed by atoms with Crippen LogP contribution in [0.15, 0.2) is 23.1 Å². The second-order valence-electron chi connectivity index (χ2n) is 6.30. The monoisotopic (exact) mass is 398 g/mol. The van der Waals surface area contributed by atoms with Crippen LogP contribution in [-0.4, -0.2) is 62.6 Å². The Balaban J connectivity index is 2.12. The van der Waals surface area contributed by atoms with Crippen molar-refractivity contribution in [3.05, 3.63) is 29.3 Å². The first-order valence-electron chi connectivity index (χ1n) is 9.07. The van der Waals surface area contributed by atoms with Crippen LogP contribution in [0.1, 0.15) is 42.1 Å². The van der Waals surface area contributed by atoms with Gasteiger partial charge in [0.05, 0.1) is 18.1 Å². The minimum atomic E-state index is -3.69. The Kier molecular flexibility index (Phi) is 7.76. The van der Waals surface area contributed by atoms with E-state index in [9.17, 15) is 18.0 Å². The molecule has 0 saturated carbocycles. The number of rotatable bonds is 9. The van der Waals surface area contributed by atoms with Gasteiger partial charge in [0.25, 0.3) is 5.91 Å². The van der Waals surface area contributed by atoms with E-state index in [0.29, 0.717) is 57.7 Å². The SMILES string of the molecule is CCc1ccc(C(=O)NCCCCC(=O)O)cc1S(=O)(=O)N1CCOCC1. The highest BCUT2D eigenvalue weighted by Gasteiger charge is 2.29. The number of hydrogen-bond donors (Lipinski definition) is 2. The van der Waals surface area contributed by atoms with Gasteiger partial charge in [-0.15, -0.1) is 0 Å². The summed E-state index contributed by atoms with van der Waals surface area (Å²) in [5.41, 5.74) is 0.941. The van der Waals surface area contributed by atoms with Crippen molar-refractivity contribution in [1.82, 2.24) is 9.62 Å². The standard InChI is InChI=1S/C18H26N2O6S/c1-2-14-6-7-15(18(23)19-8-4-3-5-17(21)22)13-16(14)27(24,25)20-9-11-26-12-10-20/h6-7,13H,2-5,8-12H2,1H3,(H,19,23)(H,21,22). The Hall–Kier alpha value is -1.97. The van der Waals surface area contributed by atoms with Gasteiger partial charge in [-0.05, 0) is 37.0 Å². The first-order chi connectivity index (χ1) is 12.9. The van der Waals surface area contributed by atoms with Crippen LogP contribution in [0.5, 0.6) is 0 Å². The fourth-order valence-corrected chi connectivity index (χ4v) is 4.59. The van der Waals surface area contributed by atoms with E-state index in [-0.39, 0.29) is 22.8 Å². The number of nitrogens with one attached hydrogen (secondary N) is 1. The summed E-state index contributed by atoms with van der Waals surface area (Å²) in [5.74, 6) is -1.24. The van der Waals surface area contributed by atoms with E-state index in [4.69, 9.17) is 9.84 Å². The van der Waals surface area contributed by atoms with Crippen LogP contribution in [0.25, 0.3) is 0 Å². The van der Waals surface area contributed by atoms with Gasteiger partial charge in [-0.25, -0.2) is 8.42 Å². The third-order valence-corrected chi connectivity index (χ3v) is 6.38. The molecule has 150 valence electrons. The van der Waals surface area contributed by atoms with Crippen molar-refractivity contribution < 1.29 is 27.9 Å². The van der Waals surface area contributed by atoms with Gasteiger partial charge in [-0.1, -0.05) is 13.0 Å². The Morgan fingerprint density at radius 1 is 1.22 bits per heavy atom. The molecule has 0 aromatic heterocycles. The summed E-state index contributed by atoms with van der Waals surface area (Å²) < 4.78 is 32.6. The number of aliphatic carboxylic acids is 1. The molecule has 0 atom stereocenters. The van der Waals surface area contributed by atoms with Gasteiger partial charge in [-0.2, -0.15) is 4.31 Å². The lowest BCUT2D eigenvalue weighted by Crippen LogP contribution is -2.41. The molecular weight excluding hydrogens is 372 g/mol. The zero-order chi connectivity index (χ0) is 19.9. The van der Waals surface area contributed by atoms with Crippen molar-refractivity contribution in [2.45, 2.75) is 37.5 Å². The number of benzene rings is 1. The molecule has 1 amide bonds. The molecule has 8 nitrogen and oxygen atoms in total. The lowest BCUT2D eigenvalue weighted by molar-refractivity contribution is -0.137. The molecule has 1 fully saturated rings. The molecule has 0 aliphatic carbocycles. The average molecular weight is 398 g/mol. The second kappa shape index (κ2) is 9.82. The Morgan fingerprint density at radius 3 is 2.56 bits per heavy atom. The maximum Gasteiger partial charge on any atom is 0.303 e. The van der Waals surface area contributed by atoms with Crippen LogP contribution in [0, 0.1) is 0 Å². The Morgan fingerprint density at radius 2 is 1.93 bits per heavy atom. The summed E-state index contributed by atoms with van der Waals surface area (Å²) >= 11 is 0. The average Bonchev–Trinajstić information content (AvgIpc) is 2.67.